The number of benzene rings is 1. The highest BCUT2D eigenvalue weighted by molar-refractivity contribution is 9.10. The molecule has 7 heteroatoms. The summed E-state index contributed by atoms with van der Waals surface area (Å²) in [5.41, 5.74) is 8.19. The van der Waals surface area contributed by atoms with Crippen molar-refractivity contribution < 1.29 is 8.42 Å². The molecule has 1 heterocycles. The smallest absolute Gasteiger partial charge is 0.164 e. The summed E-state index contributed by atoms with van der Waals surface area (Å²) < 4.78 is 25.2. The van der Waals surface area contributed by atoms with E-state index in [0.29, 0.717) is 12.3 Å². The summed E-state index contributed by atoms with van der Waals surface area (Å²) in [7, 11) is -3.12. The minimum absolute atomic E-state index is 0.0671. The topological polar surface area (TPSA) is 63.4 Å². The van der Waals surface area contributed by atoms with Gasteiger partial charge in [0.05, 0.1) is 0 Å². The Morgan fingerprint density at radius 1 is 1.52 bits per heavy atom. The molecule has 118 valence electrons. The van der Waals surface area contributed by atoms with Gasteiger partial charge in [0.15, 0.2) is 9.84 Å². The monoisotopic (exact) mass is 392 g/mol. The van der Waals surface area contributed by atoms with Crippen LogP contribution in [-0.4, -0.2) is 49.5 Å². The molecule has 21 heavy (non-hydrogen) atoms. The zero-order valence-corrected chi connectivity index (χ0v) is 15.5. The Morgan fingerprint density at radius 3 is 2.81 bits per heavy atom. The first-order valence-electron chi connectivity index (χ1n) is 6.83. The van der Waals surface area contributed by atoms with Crippen molar-refractivity contribution in [1.29, 1.82) is 0 Å². The molecule has 1 aromatic rings. The van der Waals surface area contributed by atoms with Gasteiger partial charge in [-0.15, -0.1) is 0 Å². The van der Waals surface area contributed by atoms with Crippen LogP contribution in [0.25, 0.3) is 0 Å². The number of sulfone groups is 1. The fraction of sp³-hybridized carbons (Fsp3) is 0.571. The molecule has 1 fully saturated rings. The third-order valence-corrected chi connectivity index (χ3v) is 7.34. The van der Waals surface area contributed by atoms with Crippen molar-refractivity contribution in [3.63, 3.8) is 0 Å². The fourth-order valence-electron chi connectivity index (χ4n) is 2.60. The summed E-state index contributed by atoms with van der Waals surface area (Å²) in [4.78, 5) is 2.04. The third kappa shape index (κ3) is 4.01. The summed E-state index contributed by atoms with van der Waals surface area (Å²) in [6.07, 6.45) is 1.31. The second kappa shape index (κ2) is 7.00. The van der Waals surface area contributed by atoms with Crippen LogP contribution in [0.1, 0.15) is 17.2 Å². The van der Waals surface area contributed by atoms with Crippen LogP contribution >= 0.6 is 27.7 Å². The largest absolute Gasteiger partial charge is 0.329 e. The maximum Gasteiger partial charge on any atom is 0.164 e. The highest BCUT2D eigenvalue weighted by Gasteiger charge is 2.35. The van der Waals surface area contributed by atoms with E-state index in [1.54, 1.807) is 11.8 Å². The van der Waals surface area contributed by atoms with Crippen LogP contribution in [0, 0.1) is 6.92 Å². The Balaban J connectivity index is 2.36. The van der Waals surface area contributed by atoms with Crippen molar-refractivity contribution in [2.24, 2.45) is 5.73 Å². The lowest BCUT2D eigenvalue weighted by atomic mass is 10.0. The van der Waals surface area contributed by atoms with Crippen LogP contribution < -0.4 is 5.73 Å². The van der Waals surface area contributed by atoms with Crippen LogP contribution in [0.3, 0.4) is 0 Å². The molecule has 1 saturated heterocycles. The van der Waals surface area contributed by atoms with Crippen molar-refractivity contribution >= 4 is 37.5 Å². The molecule has 4 nitrogen and oxygen atoms in total. The lowest BCUT2D eigenvalue weighted by molar-refractivity contribution is 0.198. The van der Waals surface area contributed by atoms with Crippen LogP contribution in [0.15, 0.2) is 22.7 Å². The Kier molecular flexibility index (Phi) is 5.76. The quantitative estimate of drug-likeness (QED) is 0.850. The molecule has 2 rings (SSSR count). The van der Waals surface area contributed by atoms with Crippen molar-refractivity contribution in [3.8, 4) is 0 Å². The van der Waals surface area contributed by atoms with Gasteiger partial charge in [0.2, 0.25) is 0 Å². The molecule has 0 saturated carbocycles. The van der Waals surface area contributed by atoms with E-state index in [0.717, 1.165) is 27.9 Å². The number of nitrogens with two attached hydrogens (primary N) is 1. The molecule has 1 aliphatic rings. The Labute approximate surface area is 139 Å². The Morgan fingerprint density at radius 2 is 2.24 bits per heavy atom. The average molecular weight is 393 g/mol. The molecule has 0 bridgehead atoms. The van der Waals surface area contributed by atoms with E-state index in [1.807, 2.05) is 30.0 Å². The van der Waals surface area contributed by atoms with Gasteiger partial charge in [-0.25, -0.2) is 8.42 Å². The van der Waals surface area contributed by atoms with Crippen LogP contribution in [0.2, 0.25) is 0 Å². The van der Waals surface area contributed by atoms with Crippen LogP contribution in [0.4, 0.5) is 0 Å². The van der Waals surface area contributed by atoms with Crippen molar-refractivity contribution in [2.45, 2.75) is 18.3 Å². The van der Waals surface area contributed by atoms with Gasteiger partial charge in [0.25, 0.3) is 0 Å². The Bertz CT molecular complexity index is 607. The standard InChI is InChI=1S/C14H21BrN2O2S2/c1-10-3-4-11(7-12(10)15)13(8-16)17-5-6-20-9-14(17)21(2,18)19/h3-4,7,13-14H,5-6,8-9,16H2,1-2H3. The predicted octanol–water partition coefficient (Wildman–Crippen LogP) is 2.18. The number of hydrogen-bond acceptors (Lipinski definition) is 5. The number of rotatable bonds is 4. The van der Waals surface area contributed by atoms with Crippen LogP contribution in [-0.2, 0) is 9.84 Å². The fourth-order valence-corrected chi connectivity index (χ4v) is 5.92. The second-order valence-corrected chi connectivity index (χ2v) is 9.56. The zero-order chi connectivity index (χ0) is 15.6. The normalized spacial score (nSPS) is 22.2. The maximum atomic E-state index is 12.1. The minimum atomic E-state index is -3.12. The minimum Gasteiger partial charge on any atom is -0.329 e. The number of thioether (sulfide) groups is 1. The average Bonchev–Trinajstić information content (AvgIpc) is 2.43. The molecule has 1 aromatic carbocycles. The molecular formula is C14H21BrN2O2S2. The molecule has 2 N–H and O–H groups in total. The summed E-state index contributed by atoms with van der Waals surface area (Å²) in [6, 6.07) is 6.06. The lowest BCUT2D eigenvalue weighted by Crippen LogP contribution is -2.50. The van der Waals surface area contributed by atoms with E-state index in [-0.39, 0.29) is 6.04 Å². The SMILES string of the molecule is Cc1ccc(C(CN)N2CCSCC2S(C)(=O)=O)cc1Br. The number of hydrogen-bond donors (Lipinski definition) is 1. The van der Waals surface area contributed by atoms with E-state index in [1.165, 1.54) is 6.26 Å². The number of halogens is 1. The summed E-state index contributed by atoms with van der Waals surface area (Å²) in [5, 5.41) is -0.454. The highest BCUT2D eigenvalue weighted by Crippen LogP contribution is 2.31. The van der Waals surface area contributed by atoms with E-state index in [9.17, 15) is 8.42 Å². The second-order valence-electron chi connectivity index (χ2n) is 5.36. The zero-order valence-electron chi connectivity index (χ0n) is 12.3. The molecule has 0 aliphatic carbocycles. The van der Waals surface area contributed by atoms with Gasteiger partial charge in [0.1, 0.15) is 5.37 Å². The molecule has 2 atom stereocenters. The first-order chi connectivity index (χ1) is 9.84. The van der Waals surface area contributed by atoms with Gasteiger partial charge < -0.3 is 5.73 Å². The first kappa shape index (κ1) is 17.3. The van der Waals surface area contributed by atoms with Gasteiger partial charge >= 0.3 is 0 Å². The van der Waals surface area contributed by atoms with Crippen molar-refractivity contribution in [2.75, 3.05) is 30.9 Å². The molecule has 2 unspecified atom stereocenters. The van der Waals surface area contributed by atoms with Crippen LogP contribution in [0.5, 0.6) is 0 Å². The molecule has 0 amide bonds. The van der Waals surface area contributed by atoms with Gasteiger partial charge in [0, 0.05) is 41.4 Å². The van der Waals surface area contributed by atoms with Gasteiger partial charge in [-0.1, -0.05) is 28.1 Å². The first-order valence-corrected chi connectivity index (χ1v) is 10.7. The molecule has 0 aromatic heterocycles. The van der Waals surface area contributed by atoms with E-state index in [4.69, 9.17) is 5.73 Å². The van der Waals surface area contributed by atoms with E-state index in [2.05, 4.69) is 15.9 Å². The van der Waals surface area contributed by atoms with Crippen molar-refractivity contribution in [3.05, 3.63) is 33.8 Å². The Hall–Kier alpha value is -0.0800. The van der Waals surface area contributed by atoms with Gasteiger partial charge in [-0.3, -0.25) is 4.90 Å². The van der Waals surface area contributed by atoms with E-state index >= 15 is 0 Å². The molecule has 0 radical (unpaired) electrons. The number of aryl methyl sites for hydroxylation is 1. The van der Waals surface area contributed by atoms with Gasteiger partial charge in [-0.2, -0.15) is 11.8 Å². The summed E-state index contributed by atoms with van der Waals surface area (Å²) in [6.45, 7) is 3.18. The van der Waals surface area contributed by atoms with Gasteiger partial charge in [-0.05, 0) is 24.1 Å². The number of nitrogens with zero attached hydrogens (tertiary/aromatic N) is 1. The van der Waals surface area contributed by atoms with E-state index < -0.39 is 15.2 Å². The predicted molar refractivity (Wildman–Crippen MR) is 93.3 cm³/mol. The molecular weight excluding hydrogens is 372 g/mol. The molecule has 0 spiro atoms. The summed E-state index contributed by atoms with van der Waals surface area (Å²) in [5.74, 6) is 1.55. The highest BCUT2D eigenvalue weighted by atomic mass is 79.9. The lowest BCUT2D eigenvalue weighted by Gasteiger charge is -2.39. The van der Waals surface area contributed by atoms with Crippen molar-refractivity contribution in [1.82, 2.24) is 4.90 Å². The summed E-state index contributed by atoms with van der Waals surface area (Å²) >= 11 is 5.23. The third-order valence-electron chi connectivity index (χ3n) is 3.82. The maximum absolute atomic E-state index is 12.1. The molecule has 1 aliphatic heterocycles.